The second kappa shape index (κ2) is 10.1. The smallest absolute Gasteiger partial charge is 0.300 e. The Morgan fingerprint density at radius 3 is 2.31 bits per heavy atom. The number of carbonyl (C=O) groups excluding carboxylic acids is 2. The van der Waals surface area contributed by atoms with Crippen LogP contribution in [0.2, 0.25) is 0 Å². The van der Waals surface area contributed by atoms with Gasteiger partial charge in [0.1, 0.15) is 17.3 Å². The lowest BCUT2D eigenvalue weighted by atomic mass is 9.92. The number of aliphatic hydroxyl groups excluding tert-OH is 1. The number of hydrogen-bond donors (Lipinski definition) is 1. The van der Waals surface area contributed by atoms with E-state index in [0.717, 1.165) is 11.3 Å². The third kappa shape index (κ3) is 4.39. The molecule has 1 N–H and O–H groups in total. The van der Waals surface area contributed by atoms with Crippen molar-refractivity contribution < 1.29 is 24.2 Å². The van der Waals surface area contributed by atoms with Crippen molar-refractivity contribution in [3.63, 3.8) is 0 Å². The van der Waals surface area contributed by atoms with E-state index < -0.39 is 17.7 Å². The SMILES string of the molecule is CCOc1ccc(/C(O)=C2\C(=O)C(=O)N(c3ccccc3)C2c2ccccc2OC)cc1C(C)C. The highest BCUT2D eigenvalue weighted by Crippen LogP contribution is 2.45. The first-order chi connectivity index (χ1) is 16.9. The van der Waals surface area contributed by atoms with E-state index >= 15 is 0 Å². The Balaban J connectivity index is 1.96. The molecule has 180 valence electrons. The summed E-state index contributed by atoms with van der Waals surface area (Å²) < 4.78 is 11.3. The van der Waals surface area contributed by atoms with Crippen LogP contribution in [0.5, 0.6) is 11.5 Å². The van der Waals surface area contributed by atoms with Crippen LogP contribution in [0.1, 0.15) is 49.4 Å². The van der Waals surface area contributed by atoms with Gasteiger partial charge in [-0.3, -0.25) is 14.5 Å². The van der Waals surface area contributed by atoms with Crippen LogP contribution >= 0.6 is 0 Å². The summed E-state index contributed by atoms with van der Waals surface area (Å²) >= 11 is 0. The number of nitrogens with zero attached hydrogens (tertiary/aromatic N) is 1. The van der Waals surface area contributed by atoms with E-state index in [1.54, 1.807) is 48.5 Å². The van der Waals surface area contributed by atoms with Gasteiger partial charge in [0.15, 0.2) is 0 Å². The zero-order chi connectivity index (χ0) is 25.1. The maximum Gasteiger partial charge on any atom is 0.300 e. The Morgan fingerprint density at radius 2 is 1.66 bits per heavy atom. The molecule has 0 saturated carbocycles. The highest BCUT2D eigenvalue weighted by atomic mass is 16.5. The number of benzene rings is 3. The summed E-state index contributed by atoms with van der Waals surface area (Å²) in [6.07, 6.45) is 0. The van der Waals surface area contributed by atoms with E-state index in [-0.39, 0.29) is 17.3 Å². The highest BCUT2D eigenvalue weighted by Gasteiger charge is 2.47. The Hall–Kier alpha value is -4.06. The fraction of sp³-hybridized carbons (Fsp3) is 0.241. The Morgan fingerprint density at radius 1 is 0.971 bits per heavy atom. The first-order valence-electron chi connectivity index (χ1n) is 11.6. The molecule has 1 fully saturated rings. The molecule has 1 atom stereocenters. The molecular weight excluding hydrogens is 442 g/mol. The number of carbonyl (C=O) groups is 2. The molecule has 0 aliphatic carbocycles. The van der Waals surface area contributed by atoms with Crippen molar-refractivity contribution in [3.8, 4) is 11.5 Å². The molecule has 0 bridgehead atoms. The van der Waals surface area contributed by atoms with Crippen molar-refractivity contribution in [1.29, 1.82) is 0 Å². The van der Waals surface area contributed by atoms with Crippen LogP contribution in [0.15, 0.2) is 78.4 Å². The van der Waals surface area contributed by atoms with E-state index in [1.807, 2.05) is 45.0 Å². The van der Waals surface area contributed by atoms with Gasteiger partial charge in [0, 0.05) is 16.8 Å². The first kappa shape index (κ1) is 24.1. The number of ketones is 1. The van der Waals surface area contributed by atoms with Crippen LogP contribution in [-0.2, 0) is 9.59 Å². The summed E-state index contributed by atoms with van der Waals surface area (Å²) in [6.45, 7) is 6.49. The van der Waals surface area contributed by atoms with E-state index in [4.69, 9.17) is 9.47 Å². The molecule has 0 aromatic heterocycles. The van der Waals surface area contributed by atoms with Crippen LogP contribution < -0.4 is 14.4 Å². The Bertz CT molecular complexity index is 1280. The van der Waals surface area contributed by atoms with Crippen LogP contribution in [0.4, 0.5) is 5.69 Å². The lowest BCUT2D eigenvalue weighted by Gasteiger charge is -2.26. The fourth-order valence-electron chi connectivity index (χ4n) is 4.46. The number of rotatable bonds is 7. The van der Waals surface area contributed by atoms with Crippen molar-refractivity contribution in [1.82, 2.24) is 0 Å². The normalized spacial score (nSPS) is 17.2. The molecule has 1 unspecified atom stereocenters. The van der Waals surface area contributed by atoms with E-state index in [2.05, 4.69) is 0 Å². The number of para-hydroxylation sites is 2. The first-order valence-corrected chi connectivity index (χ1v) is 11.6. The minimum Gasteiger partial charge on any atom is -0.507 e. The Kier molecular flexibility index (Phi) is 6.92. The standard InChI is InChI=1S/C29H29NO5/c1-5-35-24-16-15-19(17-22(24)18(2)3)27(31)25-26(21-13-9-10-14-23(21)34-4)30(29(33)28(25)32)20-11-7-6-8-12-20/h6-18,26,31H,5H2,1-4H3/b27-25+. The van der Waals surface area contributed by atoms with Gasteiger partial charge in [0.2, 0.25) is 0 Å². The van der Waals surface area contributed by atoms with E-state index in [0.29, 0.717) is 29.2 Å². The largest absolute Gasteiger partial charge is 0.507 e. The Labute approximate surface area is 205 Å². The molecule has 6 heteroatoms. The number of amides is 1. The molecule has 0 radical (unpaired) electrons. The molecular formula is C29H29NO5. The molecule has 6 nitrogen and oxygen atoms in total. The van der Waals surface area contributed by atoms with Gasteiger partial charge in [-0.15, -0.1) is 0 Å². The van der Waals surface area contributed by atoms with Crippen LogP contribution in [0.25, 0.3) is 5.76 Å². The van der Waals surface area contributed by atoms with Gasteiger partial charge in [-0.05, 0) is 54.8 Å². The summed E-state index contributed by atoms with van der Waals surface area (Å²) in [5, 5.41) is 11.5. The second-order valence-electron chi connectivity index (χ2n) is 8.59. The number of ether oxygens (including phenoxy) is 2. The van der Waals surface area contributed by atoms with Gasteiger partial charge in [-0.2, -0.15) is 0 Å². The molecule has 1 aliphatic heterocycles. The van der Waals surface area contributed by atoms with Gasteiger partial charge >= 0.3 is 0 Å². The molecule has 1 aliphatic rings. The van der Waals surface area contributed by atoms with Gasteiger partial charge in [-0.1, -0.05) is 50.2 Å². The topological polar surface area (TPSA) is 76.1 Å². The molecule has 3 aromatic carbocycles. The molecule has 1 saturated heterocycles. The van der Waals surface area contributed by atoms with Crippen molar-refractivity contribution in [2.45, 2.75) is 32.7 Å². The summed E-state index contributed by atoms with van der Waals surface area (Å²) in [5.41, 5.74) is 2.53. The van der Waals surface area contributed by atoms with Gasteiger partial charge in [0.05, 0.1) is 25.3 Å². The van der Waals surface area contributed by atoms with Crippen LogP contribution in [0.3, 0.4) is 0 Å². The van der Waals surface area contributed by atoms with Crippen LogP contribution in [-0.4, -0.2) is 30.5 Å². The quantitative estimate of drug-likeness (QED) is 0.266. The minimum atomic E-state index is -0.859. The molecule has 4 rings (SSSR count). The molecule has 1 heterocycles. The van der Waals surface area contributed by atoms with Gasteiger partial charge in [-0.25, -0.2) is 0 Å². The number of aliphatic hydroxyl groups is 1. The lowest BCUT2D eigenvalue weighted by molar-refractivity contribution is -0.132. The highest BCUT2D eigenvalue weighted by molar-refractivity contribution is 6.51. The molecule has 0 spiro atoms. The third-order valence-electron chi connectivity index (χ3n) is 6.12. The van der Waals surface area contributed by atoms with E-state index in [9.17, 15) is 14.7 Å². The average Bonchev–Trinajstić information content (AvgIpc) is 3.14. The maximum atomic E-state index is 13.4. The number of methoxy groups -OCH3 is 1. The monoisotopic (exact) mass is 471 g/mol. The molecule has 35 heavy (non-hydrogen) atoms. The lowest BCUT2D eigenvalue weighted by Crippen LogP contribution is -2.29. The number of Topliss-reactive ketones (excluding diaryl/α,β-unsaturated/α-hetero) is 1. The minimum absolute atomic E-state index is 0.0159. The summed E-state index contributed by atoms with van der Waals surface area (Å²) in [5.74, 6) is -0.319. The zero-order valence-corrected chi connectivity index (χ0v) is 20.3. The van der Waals surface area contributed by atoms with Gasteiger partial charge in [0.25, 0.3) is 11.7 Å². The maximum absolute atomic E-state index is 13.4. The number of anilines is 1. The summed E-state index contributed by atoms with van der Waals surface area (Å²) in [6, 6.07) is 20.6. The average molecular weight is 472 g/mol. The van der Waals surface area contributed by atoms with Crippen molar-refractivity contribution in [2.24, 2.45) is 0 Å². The van der Waals surface area contributed by atoms with Gasteiger partial charge < -0.3 is 14.6 Å². The fourth-order valence-corrected chi connectivity index (χ4v) is 4.46. The predicted molar refractivity (Wildman–Crippen MR) is 136 cm³/mol. The van der Waals surface area contributed by atoms with Crippen LogP contribution in [0, 0.1) is 0 Å². The van der Waals surface area contributed by atoms with E-state index in [1.165, 1.54) is 12.0 Å². The summed E-state index contributed by atoms with van der Waals surface area (Å²) in [7, 11) is 1.54. The van der Waals surface area contributed by atoms with Crippen molar-refractivity contribution >= 4 is 23.1 Å². The van der Waals surface area contributed by atoms with Crippen molar-refractivity contribution in [2.75, 3.05) is 18.6 Å². The molecule has 3 aromatic rings. The zero-order valence-electron chi connectivity index (χ0n) is 20.3. The second-order valence-corrected chi connectivity index (χ2v) is 8.59. The number of hydrogen-bond acceptors (Lipinski definition) is 5. The summed E-state index contributed by atoms with van der Waals surface area (Å²) in [4.78, 5) is 28.1. The predicted octanol–water partition coefficient (Wildman–Crippen LogP) is 5.84. The molecule has 1 amide bonds. The van der Waals surface area contributed by atoms with Crippen molar-refractivity contribution in [3.05, 3.63) is 95.1 Å². The third-order valence-corrected chi connectivity index (χ3v) is 6.12.